The van der Waals surface area contributed by atoms with Crippen molar-refractivity contribution in [3.63, 3.8) is 0 Å². The van der Waals surface area contributed by atoms with Gasteiger partial charge in [0.05, 0.1) is 4.90 Å². The molecule has 0 aromatic carbocycles. The zero-order valence-electron chi connectivity index (χ0n) is 13.0. The third-order valence-electron chi connectivity index (χ3n) is 3.51. The van der Waals surface area contributed by atoms with E-state index in [-0.39, 0.29) is 0 Å². The Morgan fingerprint density at radius 3 is 2.67 bits per heavy atom. The lowest BCUT2D eigenvalue weighted by molar-refractivity contribution is 0.270. The van der Waals surface area contributed by atoms with Crippen LogP contribution in [0.3, 0.4) is 0 Å². The minimum absolute atomic E-state index is 0.298. The molecule has 0 spiro atoms. The van der Waals surface area contributed by atoms with Crippen LogP contribution in [0.15, 0.2) is 29.8 Å². The molecule has 1 aromatic heterocycles. The van der Waals surface area contributed by atoms with E-state index >= 15 is 0 Å². The second-order valence-electron chi connectivity index (χ2n) is 6.51. The lowest BCUT2D eigenvalue weighted by Crippen LogP contribution is -2.45. The van der Waals surface area contributed by atoms with E-state index in [1.54, 1.807) is 18.3 Å². The maximum Gasteiger partial charge on any atom is 0.245 e. The van der Waals surface area contributed by atoms with Crippen molar-refractivity contribution in [2.45, 2.75) is 56.6 Å². The second-order valence-corrected chi connectivity index (χ2v) is 8.37. The van der Waals surface area contributed by atoms with Crippen molar-refractivity contribution in [2.75, 3.05) is 6.54 Å². The fourth-order valence-electron chi connectivity index (χ4n) is 2.19. The summed E-state index contributed by atoms with van der Waals surface area (Å²) in [6.45, 7) is 10.3. The Morgan fingerprint density at radius 1 is 1.48 bits per heavy atom. The smallest absolute Gasteiger partial charge is 0.245 e. The lowest BCUT2D eigenvalue weighted by atomic mass is 10.1. The summed E-state index contributed by atoms with van der Waals surface area (Å²) in [5.74, 6) is 0. The molecule has 1 fully saturated rings. The number of aromatic nitrogens is 1. The molecular formula is C15H25N3O2S. The van der Waals surface area contributed by atoms with E-state index in [1.165, 1.54) is 17.1 Å². The molecule has 0 unspecified atom stereocenters. The molecule has 0 radical (unpaired) electrons. The van der Waals surface area contributed by atoms with Crippen LogP contribution >= 0.6 is 0 Å². The minimum Gasteiger partial charge on any atom is -0.363 e. The topological polar surface area (TPSA) is 65.2 Å². The van der Waals surface area contributed by atoms with Crippen LogP contribution in [0.5, 0.6) is 0 Å². The number of sulfonamides is 1. The Kier molecular flexibility index (Phi) is 4.60. The molecule has 1 aliphatic carbocycles. The molecule has 0 amide bonds. The van der Waals surface area contributed by atoms with Crippen LogP contribution in [-0.4, -0.2) is 35.8 Å². The largest absolute Gasteiger partial charge is 0.363 e. The molecule has 21 heavy (non-hydrogen) atoms. The van der Waals surface area contributed by atoms with Crippen LogP contribution in [0.25, 0.3) is 0 Å². The highest BCUT2D eigenvalue weighted by Crippen LogP contribution is 2.25. The highest BCUT2D eigenvalue weighted by molar-refractivity contribution is 7.89. The molecule has 2 rings (SSSR count). The molecule has 0 aliphatic heterocycles. The van der Waals surface area contributed by atoms with Crippen molar-refractivity contribution in [1.82, 2.24) is 14.6 Å². The van der Waals surface area contributed by atoms with E-state index in [1.807, 2.05) is 20.8 Å². The van der Waals surface area contributed by atoms with Crippen molar-refractivity contribution >= 4 is 10.0 Å². The van der Waals surface area contributed by atoms with E-state index in [0.29, 0.717) is 24.0 Å². The van der Waals surface area contributed by atoms with Crippen LogP contribution in [-0.2, 0) is 16.6 Å². The van der Waals surface area contributed by atoms with E-state index < -0.39 is 15.6 Å². The predicted molar refractivity (Wildman–Crippen MR) is 84.5 cm³/mol. The number of rotatable bonds is 7. The van der Waals surface area contributed by atoms with Gasteiger partial charge in [-0.2, -0.15) is 4.31 Å². The zero-order valence-corrected chi connectivity index (χ0v) is 13.8. The van der Waals surface area contributed by atoms with Gasteiger partial charge in [-0.05, 0) is 39.7 Å². The monoisotopic (exact) mass is 311 g/mol. The summed E-state index contributed by atoms with van der Waals surface area (Å²) < 4.78 is 27.0. The van der Waals surface area contributed by atoms with Gasteiger partial charge >= 0.3 is 0 Å². The quantitative estimate of drug-likeness (QED) is 0.759. The van der Waals surface area contributed by atoms with Crippen LogP contribution in [0.2, 0.25) is 0 Å². The van der Waals surface area contributed by atoms with E-state index in [0.717, 1.165) is 5.69 Å². The van der Waals surface area contributed by atoms with E-state index in [9.17, 15) is 8.42 Å². The standard InChI is InChI=1S/C15H25N3O2S/c1-5-8-18(15(2,3)4)21(19,20)14-9-13(17-11-14)10-16-12-6-7-12/h5,9,11-12,16-17H,1,6-8,10H2,2-4H3. The fraction of sp³-hybridized carbons (Fsp3) is 0.600. The molecule has 1 aliphatic rings. The molecule has 2 N–H and O–H groups in total. The molecule has 5 nitrogen and oxygen atoms in total. The van der Waals surface area contributed by atoms with Gasteiger partial charge in [0.15, 0.2) is 0 Å². The summed E-state index contributed by atoms with van der Waals surface area (Å²) in [5.41, 5.74) is 0.407. The predicted octanol–water partition coefficient (Wildman–Crippen LogP) is 2.24. The van der Waals surface area contributed by atoms with Gasteiger partial charge in [-0.3, -0.25) is 0 Å². The van der Waals surface area contributed by atoms with Crippen molar-refractivity contribution in [2.24, 2.45) is 0 Å². The number of hydrogen-bond donors (Lipinski definition) is 2. The number of aromatic amines is 1. The first-order chi connectivity index (χ1) is 9.75. The Bertz CT molecular complexity index is 595. The van der Waals surface area contributed by atoms with Gasteiger partial charge < -0.3 is 10.3 Å². The van der Waals surface area contributed by atoms with Gasteiger partial charge in [0.1, 0.15) is 0 Å². The molecule has 1 saturated carbocycles. The molecule has 1 heterocycles. The number of nitrogens with zero attached hydrogens (tertiary/aromatic N) is 1. The zero-order chi connectivity index (χ0) is 15.7. The van der Waals surface area contributed by atoms with Crippen molar-refractivity contribution in [3.05, 3.63) is 30.6 Å². The van der Waals surface area contributed by atoms with Gasteiger partial charge in [-0.1, -0.05) is 6.08 Å². The summed E-state index contributed by atoms with van der Waals surface area (Å²) in [5, 5.41) is 3.37. The summed E-state index contributed by atoms with van der Waals surface area (Å²) in [7, 11) is -3.52. The minimum atomic E-state index is -3.52. The molecular weight excluding hydrogens is 286 g/mol. The molecule has 0 saturated heterocycles. The molecule has 118 valence electrons. The van der Waals surface area contributed by atoms with Crippen LogP contribution in [0.4, 0.5) is 0 Å². The first-order valence-electron chi connectivity index (χ1n) is 7.29. The lowest BCUT2D eigenvalue weighted by Gasteiger charge is -2.33. The number of hydrogen-bond acceptors (Lipinski definition) is 3. The maximum absolute atomic E-state index is 12.8. The molecule has 1 aromatic rings. The average molecular weight is 311 g/mol. The Morgan fingerprint density at radius 2 is 2.14 bits per heavy atom. The van der Waals surface area contributed by atoms with Crippen molar-refractivity contribution in [1.29, 1.82) is 0 Å². The summed E-state index contributed by atoms with van der Waals surface area (Å²) in [6.07, 6.45) is 5.61. The van der Waals surface area contributed by atoms with E-state index in [4.69, 9.17) is 0 Å². The Hall–Kier alpha value is -1.11. The van der Waals surface area contributed by atoms with E-state index in [2.05, 4.69) is 16.9 Å². The van der Waals surface area contributed by atoms with Crippen molar-refractivity contribution in [3.8, 4) is 0 Å². The number of nitrogens with one attached hydrogen (secondary N) is 2. The average Bonchev–Trinajstić information content (AvgIpc) is 3.08. The summed E-state index contributed by atoms with van der Waals surface area (Å²) in [4.78, 5) is 3.36. The van der Waals surface area contributed by atoms with Crippen LogP contribution in [0.1, 0.15) is 39.3 Å². The van der Waals surface area contributed by atoms with Gasteiger partial charge in [0.2, 0.25) is 10.0 Å². The molecule has 0 bridgehead atoms. The fourth-order valence-corrected chi connectivity index (χ4v) is 3.96. The van der Waals surface area contributed by atoms with Gasteiger partial charge in [-0.15, -0.1) is 6.58 Å². The first kappa shape index (κ1) is 16.3. The molecule has 0 atom stereocenters. The second kappa shape index (κ2) is 5.94. The highest BCUT2D eigenvalue weighted by atomic mass is 32.2. The van der Waals surface area contributed by atoms with Crippen LogP contribution in [0, 0.1) is 0 Å². The summed E-state index contributed by atoms with van der Waals surface area (Å²) in [6, 6.07) is 2.31. The Labute approximate surface area is 127 Å². The van der Waals surface area contributed by atoms with Gasteiger partial charge in [0.25, 0.3) is 0 Å². The highest BCUT2D eigenvalue weighted by Gasteiger charge is 2.33. The van der Waals surface area contributed by atoms with Gasteiger partial charge in [0, 0.05) is 36.6 Å². The third kappa shape index (κ3) is 3.96. The normalized spacial score (nSPS) is 16.4. The van der Waals surface area contributed by atoms with Gasteiger partial charge in [-0.25, -0.2) is 8.42 Å². The first-order valence-corrected chi connectivity index (χ1v) is 8.73. The summed E-state index contributed by atoms with van der Waals surface area (Å²) >= 11 is 0. The number of H-pyrrole nitrogens is 1. The molecule has 6 heteroatoms. The third-order valence-corrected chi connectivity index (χ3v) is 5.61. The Balaban J connectivity index is 2.18. The SMILES string of the molecule is C=CCN(C(C)(C)C)S(=O)(=O)c1c[nH]c(CNC2CC2)c1. The van der Waals surface area contributed by atoms with Crippen LogP contribution < -0.4 is 5.32 Å². The maximum atomic E-state index is 12.8. The van der Waals surface area contributed by atoms with Crippen molar-refractivity contribution < 1.29 is 8.42 Å².